The number of halogens is 2. The van der Waals surface area contributed by atoms with E-state index in [-0.39, 0.29) is 77.2 Å². The molecule has 6 aromatic rings. The quantitative estimate of drug-likeness (QED) is 0.0715. The minimum atomic E-state index is -1.07. The van der Waals surface area contributed by atoms with E-state index in [2.05, 4.69) is 85.5 Å². The molecule has 114 heavy (non-hydrogen) atoms. The number of fused-ring (bicyclic) bond motifs is 6. The molecular weight excluding hydrogens is 1490 g/mol. The first-order chi connectivity index (χ1) is 54.4. The Labute approximate surface area is 669 Å². The first kappa shape index (κ1) is 75.8. The Balaban J connectivity index is 0.572. The summed E-state index contributed by atoms with van der Waals surface area (Å²) in [5, 5.41) is 28.2. The molecule has 4 unspecified atom stereocenters. The van der Waals surface area contributed by atoms with Gasteiger partial charge in [-0.05, 0) is 175 Å². The van der Waals surface area contributed by atoms with Crippen molar-refractivity contribution >= 4 is 93.9 Å². The molecule has 2 aliphatic carbocycles. The van der Waals surface area contributed by atoms with Gasteiger partial charge in [-0.25, -0.2) is 0 Å². The van der Waals surface area contributed by atoms with E-state index >= 15 is 9.59 Å². The number of hydrogen-bond acceptors (Lipinski definition) is 18. The van der Waals surface area contributed by atoms with Gasteiger partial charge < -0.3 is 29.5 Å². The number of hydrogen-bond donors (Lipinski definition) is 3. The van der Waals surface area contributed by atoms with Crippen molar-refractivity contribution in [2.24, 2.45) is 27.6 Å². The van der Waals surface area contributed by atoms with Crippen LogP contribution < -0.4 is 30.3 Å². The van der Waals surface area contributed by atoms with E-state index in [0.29, 0.717) is 122 Å². The van der Waals surface area contributed by atoms with Gasteiger partial charge in [0.05, 0.1) is 50.0 Å². The van der Waals surface area contributed by atoms with E-state index in [1.165, 1.54) is 0 Å². The van der Waals surface area contributed by atoms with Crippen LogP contribution in [0.5, 0.6) is 11.5 Å². The maximum atomic E-state index is 15.3. The van der Waals surface area contributed by atoms with Crippen molar-refractivity contribution in [1.29, 1.82) is 10.5 Å². The third-order valence-electron chi connectivity index (χ3n) is 26.7. The van der Waals surface area contributed by atoms with E-state index in [9.17, 15) is 53.7 Å². The minimum Gasteiger partial charge on any atom is -0.489 e. The van der Waals surface area contributed by atoms with Crippen molar-refractivity contribution in [1.82, 2.24) is 45.3 Å². The number of carbonyl (C=O) groups excluding carboxylic acids is 11. The number of nitrogens with one attached hydrogen (secondary N) is 3. The number of rotatable bonds is 17. The lowest BCUT2D eigenvalue weighted by atomic mass is 9.43. The number of piperidine rings is 3. The fraction of sp³-hybridized carbons (Fsp3) is 0.437. The Morgan fingerprint density at radius 2 is 1.01 bits per heavy atom. The fourth-order valence-electron chi connectivity index (χ4n) is 21.4. The van der Waals surface area contributed by atoms with Crippen LogP contribution in [0.4, 0.5) is 5.69 Å². The lowest BCUT2D eigenvalue weighted by molar-refractivity contribution is -0.227. The number of ether oxygens (including phenoxy) is 2. The van der Waals surface area contributed by atoms with Crippen molar-refractivity contribution in [2.75, 3.05) is 44.2 Å². The van der Waals surface area contributed by atoms with Crippen LogP contribution in [0.2, 0.25) is 10.0 Å². The van der Waals surface area contributed by atoms with Gasteiger partial charge in [-0.3, -0.25) is 83.0 Å². The maximum absolute atomic E-state index is 15.3. The van der Waals surface area contributed by atoms with Crippen LogP contribution in [-0.4, -0.2) is 170 Å². The average molecular weight is 1580 g/mol. The second kappa shape index (κ2) is 28.3. The zero-order valence-electron chi connectivity index (χ0n) is 64.2. The van der Waals surface area contributed by atoms with Crippen molar-refractivity contribution in [3.8, 4) is 23.6 Å². The summed E-state index contributed by atoms with van der Waals surface area (Å²) in [6.07, 6.45) is 3.04. The minimum absolute atomic E-state index is 0.0200. The maximum Gasteiger partial charge on any atom is 0.262 e. The summed E-state index contributed by atoms with van der Waals surface area (Å²) in [5.41, 5.74) is 7.25. The fourth-order valence-corrected chi connectivity index (χ4v) is 21.8. The van der Waals surface area contributed by atoms with Gasteiger partial charge in [-0.15, -0.1) is 0 Å². The monoisotopic (exact) mass is 1580 g/mol. The molecule has 0 radical (unpaired) electrons. The number of nitrogens with zero attached hydrogens (tertiary/aromatic N) is 9. The summed E-state index contributed by atoms with van der Waals surface area (Å²) in [6, 6.07) is 30.2. The van der Waals surface area contributed by atoms with E-state index in [1.54, 1.807) is 60.7 Å². The number of amides is 11. The van der Waals surface area contributed by atoms with Gasteiger partial charge in [0, 0.05) is 141 Å². The van der Waals surface area contributed by atoms with E-state index in [1.807, 2.05) is 45.0 Å². The second-order valence-electron chi connectivity index (χ2n) is 34.6. The zero-order valence-corrected chi connectivity index (χ0v) is 65.7. The molecule has 25 nitrogen and oxygen atoms in total. The molecule has 11 amide bonds. The topological polar surface area (TPSA) is 313 Å². The summed E-state index contributed by atoms with van der Waals surface area (Å²) in [4.78, 5) is 161. The van der Waals surface area contributed by atoms with Crippen LogP contribution in [0, 0.1) is 50.2 Å². The SMILES string of the molecule is CC1(C)[C@H](NC(=O)c2ccc3c(c2)CCN(C(=O)CN2Cc4cc5c(cc4C2)C(=O)N(C2CCC(=O)NC2=O)C5=O)CC3)C(C)(CCC2(C)[C@@H](Oc3ccc(C#N)c(Cl)c3)C(C)(C)[C@@H]2N2Cc3cc(N4CCC(CN5Cc6cc7c(cc6C5)C(=O)N(C5CCC(=O)NC5=O)C7=O)CC4)ccc3C2=O)[C@H]1Oc1ccc(C#N)c(Cl)c1. The van der Waals surface area contributed by atoms with Crippen LogP contribution in [0.15, 0.2) is 97.1 Å². The number of carbonyl (C=O) groups is 11. The first-order valence-corrected chi connectivity index (χ1v) is 40.0. The molecule has 9 aliphatic heterocycles. The van der Waals surface area contributed by atoms with Gasteiger partial charge in [0.25, 0.3) is 35.4 Å². The lowest BCUT2D eigenvalue weighted by Gasteiger charge is -2.69. The summed E-state index contributed by atoms with van der Waals surface area (Å²) in [7, 11) is 0. The number of nitriles is 2. The summed E-state index contributed by atoms with van der Waals surface area (Å²) >= 11 is 13.4. The highest BCUT2D eigenvalue weighted by Crippen LogP contribution is 2.65. The first-order valence-electron chi connectivity index (χ1n) is 39.2. The molecule has 8 atom stereocenters. The second-order valence-corrected chi connectivity index (χ2v) is 35.4. The Morgan fingerprint density at radius 1 is 0.509 bits per heavy atom. The molecule has 6 aromatic carbocycles. The largest absolute Gasteiger partial charge is 0.489 e. The van der Waals surface area contributed by atoms with Crippen LogP contribution in [-0.2, 0) is 69.5 Å². The molecule has 9 heterocycles. The Kier molecular flexibility index (Phi) is 18.8. The molecule has 586 valence electrons. The lowest BCUT2D eigenvalue weighted by Crippen LogP contribution is -2.78. The molecule has 0 spiro atoms. The molecule has 27 heteroatoms. The van der Waals surface area contributed by atoms with Crippen LogP contribution in [0.3, 0.4) is 0 Å². The van der Waals surface area contributed by atoms with Gasteiger partial charge in [0.2, 0.25) is 29.5 Å². The molecule has 11 aliphatic rings. The van der Waals surface area contributed by atoms with Crippen molar-refractivity contribution in [3.63, 3.8) is 0 Å². The summed E-state index contributed by atoms with van der Waals surface area (Å²) in [6.45, 7) is 18.5. The van der Waals surface area contributed by atoms with E-state index < -0.39 is 99.3 Å². The number of imide groups is 4. The third-order valence-corrected chi connectivity index (χ3v) is 27.3. The highest BCUT2D eigenvalue weighted by Gasteiger charge is 2.72. The van der Waals surface area contributed by atoms with Crippen molar-refractivity contribution in [2.45, 2.75) is 175 Å². The highest BCUT2D eigenvalue weighted by molar-refractivity contribution is 6.32. The molecule has 3 N–H and O–H groups in total. The highest BCUT2D eigenvalue weighted by atomic mass is 35.5. The number of anilines is 1. The van der Waals surface area contributed by atoms with Gasteiger partial charge in [-0.2, -0.15) is 10.5 Å². The summed E-state index contributed by atoms with van der Waals surface area (Å²) in [5.74, 6) is -3.51. The predicted octanol–water partition coefficient (Wildman–Crippen LogP) is 9.60. The van der Waals surface area contributed by atoms with Gasteiger partial charge in [0.15, 0.2) is 0 Å². The normalized spacial score (nSPS) is 26.2. The Hall–Kier alpha value is -10.8. The molecule has 3 saturated heterocycles. The van der Waals surface area contributed by atoms with Crippen molar-refractivity contribution in [3.05, 3.63) is 191 Å². The molecular formula is C87H86Cl2N12O13. The zero-order chi connectivity index (χ0) is 80.1. The van der Waals surface area contributed by atoms with E-state index in [0.717, 1.165) is 86.9 Å². The number of benzene rings is 6. The molecule has 17 rings (SSSR count). The van der Waals surface area contributed by atoms with Gasteiger partial charge in [-0.1, -0.05) is 70.8 Å². The standard InChI is InChI=1S/C87H86Cl2N12O13/c1-84(2)80(94-72(105)49-8-7-47-21-27-98(28-22-48(47)29-49)71(104)45-96-42-54-33-63-64(34-55(54)43-96)79(112)101(78(63)111)68-16-18-70(103)93-74(68)107)86(5,82(84)113-58-12-9-50(37-90)65(88)35-58)23-24-87(6)81(85(3,4)83(87)114-59-13-10-51(38-91)66(89)36-59)99-44-56-30-57(11-14-60(56)75(99)108)97-25-19-46(20-26-97)39-95-40-52-31-61-62(32-53(52)41-95)77(110)100(76(61)109)67-15-17-69(102)92-73(67)106/h7-14,29-36,46,67-68,80-83H,15-28,39-45H2,1-6H3,(H,94,105)(H,92,102,106)(H,93,103,107)/t67?,68?,80-,81-,82-,83-,86?,87?/m0/s1. The van der Waals surface area contributed by atoms with E-state index in [4.69, 9.17) is 32.7 Å². The smallest absolute Gasteiger partial charge is 0.262 e. The summed E-state index contributed by atoms with van der Waals surface area (Å²) < 4.78 is 14.2. The van der Waals surface area contributed by atoms with Crippen LogP contribution >= 0.6 is 23.2 Å². The third kappa shape index (κ3) is 12.7. The van der Waals surface area contributed by atoms with Gasteiger partial charge in [0.1, 0.15) is 47.9 Å². The molecule has 0 bridgehead atoms. The van der Waals surface area contributed by atoms with Crippen molar-refractivity contribution < 1.29 is 62.2 Å². The molecule has 2 saturated carbocycles. The van der Waals surface area contributed by atoms with Crippen LogP contribution in [0.1, 0.15) is 205 Å². The molecule has 5 fully saturated rings. The molecule has 0 aromatic heterocycles. The van der Waals surface area contributed by atoms with Crippen LogP contribution in [0.25, 0.3) is 0 Å². The van der Waals surface area contributed by atoms with Gasteiger partial charge >= 0.3 is 0 Å². The average Bonchev–Trinajstić information content (AvgIpc) is 0.850. The Bertz CT molecular complexity index is 5260. The Morgan fingerprint density at radius 3 is 1.52 bits per heavy atom. The predicted molar refractivity (Wildman–Crippen MR) is 415 cm³/mol.